The van der Waals surface area contributed by atoms with Gasteiger partial charge in [-0.3, -0.25) is 0 Å². The summed E-state index contributed by atoms with van der Waals surface area (Å²) in [6.45, 7) is 8.89. The molecule has 0 fully saturated rings. The first-order valence-electron chi connectivity index (χ1n) is 11.4. The molecule has 0 saturated carbocycles. The number of hydrogen-bond donors (Lipinski definition) is 0. The molecule has 0 aliphatic carbocycles. The molecule has 0 saturated heterocycles. The van der Waals surface area contributed by atoms with E-state index in [4.69, 9.17) is 9.47 Å². The van der Waals surface area contributed by atoms with E-state index in [-0.39, 0.29) is 5.60 Å². The molecule has 1 atom stereocenters. The maximum Gasteiger partial charge on any atom is 0.126 e. The first kappa shape index (κ1) is 22.1. The average molecular weight is 375 g/mol. The molecule has 0 spiro atoms. The number of methoxy groups -OCH3 is 1. The second-order valence-electron chi connectivity index (χ2n) is 8.80. The van der Waals surface area contributed by atoms with E-state index >= 15 is 0 Å². The van der Waals surface area contributed by atoms with E-state index in [1.807, 2.05) is 0 Å². The summed E-state index contributed by atoms with van der Waals surface area (Å²) in [7, 11) is 1.76. The van der Waals surface area contributed by atoms with Crippen molar-refractivity contribution in [3.8, 4) is 11.5 Å². The Balaban J connectivity index is 1.72. The Morgan fingerprint density at radius 3 is 2.11 bits per heavy atom. The number of ether oxygens (including phenoxy) is 2. The number of benzene rings is 1. The molecular formula is C25H42O2. The fourth-order valence-corrected chi connectivity index (χ4v) is 4.33. The molecule has 2 heteroatoms. The SMILES string of the molecule is CCCCCCCCCCCCC1(C)CCc2cc(OC)c(C)c(C)c2O1. The van der Waals surface area contributed by atoms with Crippen molar-refractivity contribution in [3.63, 3.8) is 0 Å². The third-order valence-electron chi connectivity index (χ3n) is 6.42. The Labute approximate surface area is 168 Å². The molecule has 2 rings (SSSR count). The van der Waals surface area contributed by atoms with E-state index < -0.39 is 0 Å². The summed E-state index contributed by atoms with van der Waals surface area (Å²) >= 11 is 0. The van der Waals surface area contributed by atoms with Crippen LogP contribution in [-0.2, 0) is 6.42 Å². The maximum absolute atomic E-state index is 6.56. The molecule has 2 nitrogen and oxygen atoms in total. The molecule has 1 aliphatic heterocycles. The zero-order valence-electron chi connectivity index (χ0n) is 18.6. The van der Waals surface area contributed by atoms with Gasteiger partial charge in [-0.05, 0) is 69.2 Å². The Kier molecular flexibility index (Phi) is 8.99. The van der Waals surface area contributed by atoms with E-state index in [2.05, 4.69) is 33.8 Å². The molecule has 0 N–H and O–H groups in total. The molecule has 154 valence electrons. The van der Waals surface area contributed by atoms with Crippen LogP contribution >= 0.6 is 0 Å². The van der Waals surface area contributed by atoms with Crippen molar-refractivity contribution in [3.05, 3.63) is 22.8 Å². The van der Waals surface area contributed by atoms with E-state index in [0.717, 1.165) is 24.3 Å². The van der Waals surface area contributed by atoms with Gasteiger partial charge in [0.15, 0.2) is 0 Å². The largest absolute Gasteiger partial charge is 0.496 e. The smallest absolute Gasteiger partial charge is 0.126 e. The second kappa shape index (κ2) is 11.0. The first-order valence-corrected chi connectivity index (χ1v) is 11.4. The van der Waals surface area contributed by atoms with Crippen LogP contribution in [0.3, 0.4) is 0 Å². The predicted molar refractivity (Wildman–Crippen MR) is 116 cm³/mol. The Hall–Kier alpha value is -1.18. The van der Waals surface area contributed by atoms with Gasteiger partial charge in [-0.25, -0.2) is 0 Å². The van der Waals surface area contributed by atoms with Gasteiger partial charge in [0.2, 0.25) is 0 Å². The lowest BCUT2D eigenvalue weighted by Gasteiger charge is -2.37. The lowest BCUT2D eigenvalue weighted by molar-refractivity contribution is 0.0524. The molecule has 27 heavy (non-hydrogen) atoms. The van der Waals surface area contributed by atoms with E-state index in [0.29, 0.717) is 0 Å². The monoisotopic (exact) mass is 374 g/mol. The van der Waals surface area contributed by atoms with Gasteiger partial charge in [0.05, 0.1) is 7.11 Å². The highest BCUT2D eigenvalue weighted by molar-refractivity contribution is 5.53. The quantitative estimate of drug-likeness (QED) is 0.349. The lowest BCUT2D eigenvalue weighted by atomic mass is 9.86. The van der Waals surface area contributed by atoms with Crippen LogP contribution in [0.15, 0.2) is 6.07 Å². The van der Waals surface area contributed by atoms with Crippen LogP contribution in [-0.4, -0.2) is 12.7 Å². The fourth-order valence-electron chi connectivity index (χ4n) is 4.33. The van der Waals surface area contributed by atoms with Gasteiger partial charge in [-0.2, -0.15) is 0 Å². The Morgan fingerprint density at radius 2 is 1.52 bits per heavy atom. The lowest BCUT2D eigenvalue weighted by Crippen LogP contribution is -2.36. The van der Waals surface area contributed by atoms with E-state index in [9.17, 15) is 0 Å². The van der Waals surface area contributed by atoms with Crippen LogP contribution in [0.2, 0.25) is 0 Å². The van der Waals surface area contributed by atoms with Crippen molar-refractivity contribution >= 4 is 0 Å². The molecule has 1 aromatic rings. The summed E-state index contributed by atoms with van der Waals surface area (Å²) in [6, 6.07) is 2.18. The van der Waals surface area contributed by atoms with Crippen LogP contribution in [0.25, 0.3) is 0 Å². The molecule has 1 unspecified atom stereocenters. The molecular weight excluding hydrogens is 332 g/mol. The van der Waals surface area contributed by atoms with Gasteiger partial charge in [0.25, 0.3) is 0 Å². The minimum atomic E-state index is -0.00105. The summed E-state index contributed by atoms with van der Waals surface area (Å²) < 4.78 is 12.1. The number of hydrogen-bond acceptors (Lipinski definition) is 2. The normalized spacial score (nSPS) is 18.9. The molecule has 0 amide bonds. The summed E-state index contributed by atoms with van der Waals surface area (Å²) in [5.74, 6) is 2.11. The van der Waals surface area contributed by atoms with Crippen LogP contribution in [0, 0.1) is 13.8 Å². The fraction of sp³-hybridized carbons (Fsp3) is 0.760. The molecule has 0 aromatic heterocycles. The highest BCUT2D eigenvalue weighted by Gasteiger charge is 2.32. The minimum Gasteiger partial charge on any atom is -0.496 e. The molecule has 1 aromatic carbocycles. The van der Waals surface area contributed by atoms with E-state index in [1.54, 1.807) is 7.11 Å². The van der Waals surface area contributed by atoms with Crippen LogP contribution in [0.5, 0.6) is 11.5 Å². The molecule has 1 aliphatic rings. The Morgan fingerprint density at radius 1 is 0.926 bits per heavy atom. The topological polar surface area (TPSA) is 18.5 Å². The minimum absolute atomic E-state index is 0.00105. The van der Waals surface area contributed by atoms with Gasteiger partial charge in [-0.1, -0.05) is 64.7 Å². The zero-order chi connectivity index (χ0) is 19.7. The maximum atomic E-state index is 6.56. The highest BCUT2D eigenvalue weighted by atomic mass is 16.5. The standard InChI is InChI=1S/C25H42O2/c1-6-7-8-9-10-11-12-13-14-15-17-25(4)18-16-22-19-23(26-5)20(2)21(3)24(22)27-25/h19H,6-18H2,1-5H3. The summed E-state index contributed by atoms with van der Waals surface area (Å²) in [4.78, 5) is 0. The van der Waals surface area contributed by atoms with Crippen molar-refractivity contribution < 1.29 is 9.47 Å². The van der Waals surface area contributed by atoms with Crippen molar-refractivity contribution in [2.24, 2.45) is 0 Å². The number of unbranched alkanes of at least 4 members (excludes halogenated alkanes) is 9. The van der Waals surface area contributed by atoms with Crippen LogP contribution in [0.4, 0.5) is 0 Å². The summed E-state index contributed by atoms with van der Waals surface area (Å²) in [5, 5.41) is 0. The highest BCUT2D eigenvalue weighted by Crippen LogP contribution is 2.42. The molecule has 0 bridgehead atoms. The number of fused-ring (bicyclic) bond motifs is 1. The summed E-state index contributed by atoms with van der Waals surface area (Å²) in [6.07, 6.45) is 17.3. The van der Waals surface area contributed by atoms with Crippen LogP contribution in [0.1, 0.15) is 108 Å². The van der Waals surface area contributed by atoms with Gasteiger partial charge < -0.3 is 9.47 Å². The summed E-state index contributed by atoms with van der Waals surface area (Å²) in [5.41, 5.74) is 3.77. The van der Waals surface area contributed by atoms with Crippen molar-refractivity contribution in [2.45, 2.75) is 117 Å². The average Bonchev–Trinajstić information content (AvgIpc) is 2.66. The number of aryl methyl sites for hydroxylation is 1. The first-order chi connectivity index (χ1) is 13.0. The van der Waals surface area contributed by atoms with Gasteiger partial charge in [0.1, 0.15) is 17.1 Å². The van der Waals surface area contributed by atoms with Crippen molar-refractivity contribution in [1.82, 2.24) is 0 Å². The Bertz CT molecular complexity index is 578. The second-order valence-corrected chi connectivity index (χ2v) is 8.80. The molecule has 0 radical (unpaired) electrons. The van der Waals surface area contributed by atoms with Crippen LogP contribution < -0.4 is 9.47 Å². The van der Waals surface area contributed by atoms with Crippen molar-refractivity contribution in [1.29, 1.82) is 0 Å². The predicted octanol–water partition coefficient (Wildman–Crippen LogP) is 7.71. The van der Waals surface area contributed by atoms with Gasteiger partial charge in [-0.15, -0.1) is 0 Å². The molecule has 1 heterocycles. The van der Waals surface area contributed by atoms with Gasteiger partial charge in [0, 0.05) is 0 Å². The van der Waals surface area contributed by atoms with E-state index in [1.165, 1.54) is 87.3 Å². The third kappa shape index (κ3) is 6.43. The van der Waals surface area contributed by atoms with Gasteiger partial charge >= 0.3 is 0 Å². The third-order valence-corrected chi connectivity index (χ3v) is 6.42. The number of rotatable bonds is 12. The zero-order valence-corrected chi connectivity index (χ0v) is 18.6. The van der Waals surface area contributed by atoms with Crippen molar-refractivity contribution in [2.75, 3.05) is 7.11 Å².